The lowest BCUT2D eigenvalue weighted by Crippen LogP contribution is -2.14. The van der Waals surface area contributed by atoms with Crippen molar-refractivity contribution in [1.82, 2.24) is 14.5 Å². The molecule has 0 aliphatic heterocycles. The highest BCUT2D eigenvalue weighted by Crippen LogP contribution is 2.22. The van der Waals surface area contributed by atoms with Crippen molar-refractivity contribution in [2.24, 2.45) is 0 Å². The fourth-order valence-electron chi connectivity index (χ4n) is 2.54. The fourth-order valence-corrected chi connectivity index (χ4v) is 2.74. The standard InChI is InChI=1S/C18H13ClN4O/c19-14-8-7-12(23-9-3-4-10-23)11-13(14)17(24)22-18-20-15-5-1-2-6-16(15)21-18/h1-11H,(H2,20,21,22,24). The first-order valence-corrected chi connectivity index (χ1v) is 7.77. The fraction of sp³-hybridized carbons (Fsp3) is 0. The van der Waals surface area contributed by atoms with Crippen molar-refractivity contribution >= 4 is 34.5 Å². The van der Waals surface area contributed by atoms with Gasteiger partial charge < -0.3 is 9.55 Å². The third-order valence-electron chi connectivity index (χ3n) is 3.72. The van der Waals surface area contributed by atoms with Crippen LogP contribution in [-0.2, 0) is 0 Å². The van der Waals surface area contributed by atoms with Gasteiger partial charge in [0.05, 0.1) is 21.6 Å². The number of benzene rings is 2. The minimum absolute atomic E-state index is 0.312. The molecule has 0 unspecified atom stereocenters. The second-order valence-electron chi connectivity index (χ2n) is 5.31. The van der Waals surface area contributed by atoms with Gasteiger partial charge in [-0.15, -0.1) is 0 Å². The zero-order valence-corrected chi connectivity index (χ0v) is 13.3. The monoisotopic (exact) mass is 336 g/mol. The van der Waals surface area contributed by atoms with Crippen LogP contribution in [0.1, 0.15) is 10.4 Å². The maximum absolute atomic E-state index is 12.6. The molecule has 6 heteroatoms. The summed E-state index contributed by atoms with van der Waals surface area (Å²) in [5.41, 5.74) is 2.91. The Bertz CT molecular complexity index is 988. The number of aromatic nitrogens is 3. The molecule has 0 atom stereocenters. The third kappa shape index (κ3) is 2.66. The van der Waals surface area contributed by atoms with Gasteiger partial charge in [0.25, 0.3) is 5.91 Å². The van der Waals surface area contributed by atoms with E-state index >= 15 is 0 Å². The Morgan fingerprint density at radius 3 is 2.67 bits per heavy atom. The summed E-state index contributed by atoms with van der Waals surface area (Å²) in [5, 5.41) is 3.15. The first kappa shape index (κ1) is 14.5. The van der Waals surface area contributed by atoms with Crippen LogP contribution in [0, 0.1) is 0 Å². The molecule has 0 radical (unpaired) electrons. The van der Waals surface area contributed by atoms with Crippen molar-refractivity contribution in [2.45, 2.75) is 0 Å². The van der Waals surface area contributed by atoms with E-state index in [9.17, 15) is 4.79 Å². The summed E-state index contributed by atoms with van der Waals surface area (Å²) in [5.74, 6) is 0.0803. The molecule has 118 valence electrons. The van der Waals surface area contributed by atoms with Gasteiger partial charge in [0.2, 0.25) is 5.95 Å². The molecule has 0 spiro atoms. The highest BCUT2D eigenvalue weighted by Gasteiger charge is 2.14. The number of aromatic amines is 1. The molecular formula is C18H13ClN4O. The molecule has 2 aromatic carbocycles. The average Bonchev–Trinajstić information content (AvgIpc) is 3.24. The summed E-state index contributed by atoms with van der Waals surface area (Å²) in [6.45, 7) is 0. The summed E-state index contributed by atoms with van der Waals surface area (Å²) >= 11 is 6.20. The third-order valence-corrected chi connectivity index (χ3v) is 4.05. The topological polar surface area (TPSA) is 62.7 Å². The van der Waals surface area contributed by atoms with Crippen molar-refractivity contribution in [2.75, 3.05) is 5.32 Å². The molecule has 0 bridgehead atoms. The van der Waals surface area contributed by atoms with Crippen LogP contribution in [0.25, 0.3) is 16.7 Å². The van der Waals surface area contributed by atoms with Crippen LogP contribution >= 0.6 is 11.6 Å². The number of rotatable bonds is 3. The Morgan fingerprint density at radius 1 is 1.08 bits per heavy atom. The molecule has 2 heterocycles. The first-order valence-electron chi connectivity index (χ1n) is 7.40. The lowest BCUT2D eigenvalue weighted by molar-refractivity contribution is 0.102. The Morgan fingerprint density at radius 2 is 1.88 bits per heavy atom. The lowest BCUT2D eigenvalue weighted by atomic mass is 10.2. The lowest BCUT2D eigenvalue weighted by Gasteiger charge is -2.08. The largest absolute Gasteiger partial charge is 0.324 e. The molecule has 0 fully saturated rings. The molecule has 0 saturated carbocycles. The van der Waals surface area contributed by atoms with Crippen molar-refractivity contribution in [3.63, 3.8) is 0 Å². The predicted molar refractivity (Wildman–Crippen MR) is 94.8 cm³/mol. The number of imidazole rings is 1. The average molecular weight is 337 g/mol. The predicted octanol–water partition coefficient (Wildman–Crippen LogP) is 4.26. The maximum Gasteiger partial charge on any atom is 0.259 e. The van der Waals surface area contributed by atoms with Crippen molar-refractivity contribution in [3.8, 4) is 5.69 Å². The van der Waals surface area contributed by atoms with Crippen molar-refractivity contribution in [1.29, 1.82) is 0 Å². The Balaban J connectivity index is 1.65. The summed E-state index contributed by atoms with van der Waals surface area (Å²) in [6, 6.07) is 16.7. The number of hydrogen-bond acceptors (Lipinski definition) is 2. The van der Waals surface area contributed by atoms with Gasteiger partial charge in [-0.1, -0.05) is 23.7 Å². The zero-order chi connectivity index (χ0) is 16.5. The van der Waals surface area contributed by atoms with E-state index in [4.69, 9.17) is 11.6 Å². The summed E-state index contributed by atoms with van der Waals surface area (Å²) in [7, 11) is 0. The van der Waals surface area contributed by atoms with Gasteiger partial charge in [0, 0.05) is 18.1 Å². The number of H-pyrrole nitrogens is 1. The van der Waals surface area contributed by atoms with E-state index in [1.54, 1.807) is 12.1 Å². The van der Waals surface area contributed by atoms with Gasteiger partial charge in [-0.3, -0.25) is 10.1 Å². The SMILES string of the molecule is O=C(Nc1nc2ccccc2[nH]1)c1cc(-n2cccc2)ccc1Cl. The van der Waals surface area contributed by atoms with Crippen molar-refractivity contribution in [3.05, 3.63) is 77.6 Å². The van der Waals surface area contributed by atoms with Crippen LogP contribution in [0.5, 0.6) is 0 Å². The van der Waals surface area contributed by atoms with Crippen LogP contribution < -0.4 is 5.32 Å². The van der Waals surface area contributed by atoms with Gasteiger partial charge in [0.15, 0.2) is 0 Å². The first-order chi connectivity index (χ1) is 11.7. The minimum atomic E-state index is -0.312. The highest BCUT2D eigenvalue weighted by molar-refractivity contribution is 6.34. The molecule has 2 N–H and O–H groups in total. The van der Waals surface area contributed by atoms with Gasteiger partial charge >= 0.3 is 0 Å². The molecule has 0 aliphatic rings. The van der Waals surface area contributed by atoms with Crippen molar-refractivity contribution < 1.29 is 4.79 Å². The molecule has 0 saturated heterocycles. The van der Waals surface area contributed by atoms with E-state index < -0.39 is 0 Å². The molecular weight excluding hydrogens is 324 g/mol. The van der Waals surface area contributed by atoms with Crippen LogP contribution in [0.4, 0.5) is 5.95 Å². The van der Waals surface area contributed by atoms with E-state index in [1.807, 2.05) is 59.4 Å². The number of halogens is 1. The molecule has 1 amide bonds. The molecule has 2 aromatic heterocycles. The molecule has 5 nitrogen and oxygen atoms in total. The smallest absolute Gasteiger partial charge is 0.259 e. The highest BCUT2D eigenvalue weighted by atomic mass is 35.5. The molecule has 0 aliphatic carbocycles. The van der Waals surface area contributed by atoms with E-state index in [0.717, 1.165) is 16.7 Å². The van der Waals surface area contributed by atoms with Gasteiger partial charge in [-0.25, -0.2) is 4.98 Å². The van der Waals surface area contributed by atoms with Gasteiger partial charge in [0.1, 0.15) is 0 Å². The maximum atomic E-state index is 12.6. The number of carbonyl (C=O) groups is 1. The van der Waals surface area contributed by atoms with Gasteiger partial charge in [-0.2, -0.15) is 0 Å². The normalized spacial score (nSPS) is 10.9. The van der Waals surface area contributed by atoms with Crippen LogP contribution in [-0.4, -0.2) is 20.4 Å². The quantitative estimate of drug-likeness (QED) is 0.587. The van der Waals surface area contributed by atoms with E-state index in [0.29, 0.717) is 16.5 Å². The van der Waals surface area contributed by atoms with E-state index in [2.05, 4.69) is 15.3 Å². The van der Waals surface area contributed by atoms with Crippen LogP contribution in [0.15, 0.2) is 67.0 Å². The summed E-state index contributed by atoms with van der Waals surface area (Å²) in [4.78, 5) is 20.0. The minimum Gasteiger partial charge on any atom is -0.324 e. The number of para-hydroxylation sites is 2. The Kier molecular flexibility index (Phi) is 3.55. The number of amides is 1. The number of nitrogens with zero attached hydrogens (tertiary/aromatic N) is 2. The zero-order valence-electron chi connectivity index (χ0n) is 12.5. The summed E-state index contributed by atoms with van der Waals surface area (Å²) < 4.78 is 1.91. The summed E-state index contributed by atoms with van der Waals surface area (Å²) in [6.07, 6.45) is 3.81. The number of hydrogen-bond donors (Lipinski definition) is 2. The Labute approximate surface area is 142 Å². The molecule has 4 rings (SSSR count). The molecule has 4 aromatic rings. The number of nitrogens with one attached hydrogen (secondary N) is 2. The van der Waals surface area contributed by atoms with E-state index in [-0.39, 0.29) is 5.91 Å². The second-order valence-corrected chi connectivity index (χ2v) is 5.72. The Hall–Kier alpha value is -3.05. The van der Waals surface area contributed by atoms with Crippen LogP contribution in [0.2, 0.25) is 5.02 Å². The molecule has 24 heavy (non-hydrogen) atoms. The number of carbonyl (C=O) groups excluding carboxylic acids is 1. The number of fused-ring (bicyclic) bond motifs is 1. The van der Waals surface area contributed by atoms with Crippen LogP contribution in [0.3, 0.4) is 0 Å². The number of anilines is 1. The van der Waals surface area contributed by atoms with E-state index in [1.165, 1.54) is 0 Å². The van der Waals surface area contributed by atoms with Gasteiger partial charge in [-0.05, 0) is 42.5 Å². The second kappa shape index (κ2) is 5.86.